The summed E-state index contributed by atoms with van der Waals surface area (Å²) in [5.41, 5.74) is 4.54. The second kappa shape index (κ2) is 9.37. The van der Waals surface area contributed by atoms with E-state index in [1.54, 1.807) is 10.6 Å². The summed E-state index contributed by atoms with van der Waals surface area (Å²) >= 11 is 0. The molecule has 1 N–H and O–H groups in total. The first-order valence-electron chi connectivity index (χ1n) is 11.8. The van der Waals surface area contributed by atoms with Crippen molar-refractivity contribution in [2.75, 3.05) is 7.05 Å². The predicted molar refractivity (Wildman–Crippen MR) is 133 cm³/mol. The van der Waals surface area contributed by atoms with Crippen LogP contribution >= 0.6 is 0 Å². The molecule has 0 aliphatic heterocycles. The van der Waals surface area contributed by atoms with Crippen molar-refractivity contribution in [3.63, 3.8) is 0 Å². The van der Waals surface area contributed by atoms with Crippen LogP contribution in [0.4, 0.5) is 4.39 Å². The number of carbonyl (C=O) groups excluding carboxylic acids is 1. The largest absolute Gasteiger partial charge is 0.480 e. The summed E-state index contributed by atoms with van der Waals surface area (Å²) < 4.78 is 15.9. The molecular formula is C29H27FN2O3. The van der Waals surface area contributed by atoms with Gasteiger partial charge in [-0.15, -0.1) is 0 Å². The molecule has 0 radical (unpaired) electrons. The lowest BCUT2D eigenvalue weighted by molar-refractivity contribution is -0.138. The quantitative estimate of drug-likeness (QED) is 0.420. The molecule has 1 aliphatic rings. The Kier molecular flexibility index (Phi) is 6.12. The predicted octanol–water partition coefficient (Wildman–Crippen LogP) is 5.22. The van der Waals surface area contributed by atoms with Crippen molar-refractivity contribution in [1.82, 2.24) is 9.47 Å². The fourth-order valence-corrected chi connectivity index (χ4v) is 5.47. The standard InChI is InChI=1S/C29H27FN2O3/c1-31(28(19-8-4-2-5-9-19)20-10-6-3-7-11-20)29(35)21-12-14-25-23(16-21)24-17-22(30)13-15-26(24)32(25)18-27(33)34/h2-11,13,15,17,21,28H,12,14,16,18H2,1H3,(H,33,34). The van der Waals surface area contributed by atoms with Crippen LogP contribution in [-0.2, 0) is 29.0 Å². The average molecular weight is 471 g/mol. The van der Waals surface area contributed by atoms with Crippen LogP contribution in [0.3, 0.4) is 0 Å². The van der Waals surface area contributed by atoms with E-state index < -0.39 is 5.97 Å². The third kappa shape index (κ3) is 4.32. The van der Waals surface area contributed by atoms with E-state index in [-0.39, 0.29) is 30.2 Å². The van der Waals surface area contributed by atoms with Crippen LogP contribution in [0.1, 0.15) is 34.8 Å². The molecule has 3 aromatic carbocycles. The van der Waals surface area contributed by atoms with E-state index in [9.17, 15) is 19.1 Å². The SMILES string of the molecule is CN(C(=O)C1CCc2c(c3cc(F)ccc3n2CC(=O)O)C1)C(c1ccccc1)c1ccccc1. The topological polar surface area (TPSA) is 62.5 Å². The highest BCUT2D eigenvalue weighted by Gasteiger charge is 2.34. The van der Waals surface area contributed by atoms with Crippen LogP contribution in [0.5, 0.6) is 0 Å². The van der Waals surface area contributed by atoms with Gasteiger partial charge in [0.05, 0.1) is 6.04 Å². The summed E-state index contributed by atoms with van der Waals surface area (Å²) in [4.78, 5) is 27.2. The van der Waals surface area contributed by atoms with Gasteiger partial charge in [-0.1, -0.05) is 60.7 Å². The first kappa shape index (κ1) is 22.8. The molecule has 0 bridgehead atoms. The molecular weight excluding hydrogens is 443 g/mol. The van der Waals surface area contributed by atoms with Gasteiger partial charge in [-0.2, -0.15) is 0 Å². The minimum atomic E-state index is -0.944. The van der Waals surface area contributed by atoms with E-state index >= 15 is 0 Å². The third-order valence-electron chi connectivity index (χ3n) is 7.04. The molecule has 1 aromatic heterocycles. The summed E-state index contributed by atoms with van der Waals surface area (Å²) in [6.45, 7) is -0.180. The van der Waals surface area contributed by atoms with Crippen LogP contribution in [0.25, 0.3) is 10.9 Å². The molecule has 0 spiro atoms. The number of benzene rings is 3. The van der Waals surface area contributed by atoms with Crippen molar-refractivity contribution in [2.45, 2.75) is 31.8 Å². The number of hydrogen-bond acceptors (Lipinski definition) is 2. The molecule has 0 saturated carbocycles. The normalized spacial score (nSPS) is 15.2. The lowest BCUT2D eigenvalue weighted by Gasteiger charge is -2.33. The molecule has 178 valence electrons. The summed E-state index contributed by atoms with van der Waals surface area (Å²) in [6.07, 6.45) is 1.65. The third-order valence-corrected chi connectivity index (χ3v) is 7.04. The van der Waals surface area contributed by atoms with Crippen molar-refractivity contribution >= 4 is 22.8 Å². The number of aromatic nitrogens is 1. The number of halogens is 1. The molecule has 5 rings (SSSR count). The van der Waals surface area contributed by atoms with E-state index in [4.69, 9.17) is 0 Å². The van der Waals surface area contributed by atoms with Gasteiger partial charge in [0.2, 0.25) is 5.91 Å². The Labute approximate surface area is 203 Å². The van der Waals surface area contributed by atoms with Crippen LogP contribution in [-0.4, -0.2) is 33.5 Å². The Morgan fingerprint density at radius 3 is 2.26 bits per heavy atom. The van der Waals surface area contributed by atoms with Crippen molar-refractivity contribution in [1.29, 1.82) is 0 Å². The minimum Gasteiger partial charge on any atom is -0.480 e. The van der Waals surface area contributed by atoms with Crippen LogP contribution in [0, 0.1) is 11.7 Å². The highest BCUT2D eigenvalue weighted by atomic mass is 19.1. The maximum Gasteiger partial charge on any atom is 0.323 e. The smallest absolute Gasteiger partial charge is 0.323 e. The second-order valence-electron chi connectivity index (χ2n) is 9.18. The van der Waals surface area contributed by atoms with Crippen LogP contribution < -0.4 is 0 Å². The van der Waals surface area contributed by atoms with Gasteiger partial charge >= 0.3 is 5.97 Å². The van der Waals surface area contributed by atoms with E-state index in [1.165, 1.54) is 12.1 Å². The zero-order valence-electron chi connectivity index (χ0n) is 19.5. The number of fused-ring (bicyclic) bond motifs is 3. The number of carbonyl (C=O) groups is 2. The van der Waals surface area contributed by atoms with Gasteiger partial charge in [-0.25, -0.2) is 4.39 Å². The van der Waals surface area contributed by atoms with Crippen molar-refractivity contribution < 1.29 is 19.1 Å². The molecule has 1 unspecified atom stereocenters. The highest BCUT2D eigenvalue weighted by molar-refractivity contribution is 5.89. The number of nitrogens with zero attached hydrogens (tertiary/aromatic N) is 2. The van der Waals surface area contributed by atoms with Gasteiger partial charge in [0.15, 0.2) is 0 Å². The number of rotatable bonds is 6. The van der Waals surface area contributed by atoms with Crippen LogP contribution in [0.15, 0.2) is 78.9 Å². The van der Waals surface area contributed by atoms with E-state index in [0.29, 0.717) is 30.2 Å². The number of amides is 1. The Morgan fingerprint density at radius 1 is 1.03 bits per heavy atom. The molecule has 0 saturated heterocycles. The van der Waals surface area contributed by atoms with E-state index in [1.807, 2.05) is 72.6 Å². The second-order valence-corrected chi connectivity index (χ2v) is 9.18. The number of hydrogen-bond donors (Lipinski definition) is 1. The Morgan fingerprint density at radius 2 is 1.66 bits per heavy atom. The van der Waals surface area contributed by atoms with Gasteiger partial charge in [0.1, 0.15) is 12.4 Å². The maximum atomic E-state index is 14.1. The fourth-order valence-electron chi connectivity index (χ4n) is 5.47. The zero-order chi connectivity index (χ0) is 24.5. The van der Waals surface area contributed by atoms with Crippen molar-refractivity contribution in [3.05, 3.63) is 107 Å². The van der Waals surface area contributed by atoms with Crippen molar-refractivity contribution in [3.8, 4) is 0 Å². The maximum absolute atomic E-state index is 14.1. The molecule has 35 heavy (non-hydrogen) atoms. The number of aliphatic carboxylic acids is 1. The lowest BCUT2D eigenvalue weighted by atomic mass is 9.84. The van der Waals surface area contributed by atoms with Gasteiger partial charge in [-0.05, 0) is 54.2 Å². The molecule has 4 aromatic rings. The number of carboxylic acid groups (broad SMARTS) is 1. The van der Waals surface area contributed by atoms with Crippen molar-refractivity contribution in [2.24, 2.45) is 5.92 Å². The Bertz CT molecular complexity index is 1340. The summed E-state index contributed by atoms with van der Waals surface area (Å²) in [6, 6.07) is 24.2. The Hall–Kier alpha value is -3.93. The first-order chi connectivity index (χ1) is 16.9. The molecule has 1 aliphatic carbocycles. The summed E-state index contributed by atoms with van der Waals surface area (Å²) in [7, 11) is 1.84. The summed E-state index contributed by atoms with van der Waals surface area (Å²) in [5.74, 6) is -1.55. The molecule has 1 atom stereocenters. The zero-order valence-corrected chi connectivity index (χ0v) is 19.5. The summed E-state index contributed by atoms with van der Waals surface area (Å²) in [5, 5.41) is 10.1. The lowest BCUT2D eigenvalue weighted by Crippen LogP contribution is -2.38. The molecule has 1 heterocycles. The highest BCUT2D eigenvalue weighted by Crippen LogP contribution is 2.37. The molecule has 6 heteroatoms. The van der Waals surface area contributed by atoms with Gasteiger partial charge in [0, 0.05) is 29.6 Å². The van der Waals surface area contributed by atoms with E-state index in [0.717, 1.165) is 22.4 Å². The van der Waals surface area contributed by atoms with Gasteiger partial charge < -0.3 is 14.6 Å². The molecule has 1 amide bonds. The average Bonchev–Trinajstić information content (AvgIpc) is 3.16. The van der Waals surface area contributed by atoms with Gasteiger partial charge in [-0.3, -0.25) is 9.59 Å². The van der Waals surface area contributed by atoms with E-state index in [2.05, 4.69) is 0 Å². The minimum absolute atomic E-state index is 0.0314. The molecule has 5 nitrogen and oxygen atoms in total. The first-order valence-corrected chi connectivity index (χ1v) is 11.8. The van der Waals surface area contributed by atoms with Crippen LogP contribution in [0.2, 0.25) is 0 Å². The monoisotopic (exact) mass is 470 g/mol. The van der Waals surface area contributed by atoms with Gasteiger partial charge in [0.25, 0.3) is 0 Å². The Balaban J connectivity index is 1.49. The fraction of sp³-hybridized carbons (Fsp3) is 0.241. The molecule has 0 fully saturated rings. The number of carboxylic acids is 1.